The van der Waals surface area contributed by atoms with Crippen molar-refractivity contribution < 1.29 is 0 Å². The van der Waals surface area contributed by atoms with E-state index in [9.17, 15) is 0 Å². The Morgan fingerprint density at radius 3 is 0.892 bits per heavy atom. The number of benzene rings is 12. The molecule has 0 radical (unpaired) electrons. The van der Waals surface area contributed by atoms with Gasteiger partial charge in [-0.15, -0.1) is 0 Å². The van der Waals surface area contributed by atoms with Crippen molar-refractivity contribution in [2.75, 3.05) is 0 Å². The molecule has 1 aliphatic rings. The summed E-state index contributed by atoms with van der Waals surface area (Å²) in [5.74, 6) is 0. The maximum atomic E-state index is 2.50. The molecule has 0 aliphatic heterocycles. The Kier molecular flexibility index (Phi) is 10.5. The van der Waals surface area contributed by atoms with Crippen LogP contribution < -0.4 is 0 Å². The van der Waals surface area contributed by atoms with Crippen LogP contribution in [0.2, 0.25) is 0 Å². The number of hydrogen-bond donors (Lipinski definition) is 0. The summed E-state index contributed by atoms with van der Waals surface area (Å²) in [6.45, 7) is 0. The molecule has 0 amide bonds. The molecule has 0 saturated carbocycles. The first-order valence-corrected chi connectivity index (χ1v) is 25.6. The fraction of sp³-hybridized carbons (Fsp3) is 0.0137. The molecule has 0 bridgehead atoms. The zero-order chi connectivity index (χ0) is 49.0. The van der Waals surface area contributed by atoms with Gasteiger partial charge in [-0.25, -0.2) is 0 Å². The molecule has 14 rings (SSSR count). The highest BCUT2D eigenvalue weighted by Gasteiger charge is 2.46. The van der Waals surface area contributed by atoms with E-state index >= 15 is 0 Å². The van der Waals surface area contributed by atoms with Gasteiger partial charge >= 0.3 is 0 Å². The standard InChI is InChI=1S/C73H49N/c1-6-16-50(17-7-1)53-26-32-56(33-27-53)59-39-44-71-67(46-59)68-47-60(57-34-28-54(29-35-57)51-18-8-2-9-19-51)40-45-72(68)74(71)64-41-43-66-65-42-38-61(58-36-30-55(31-37-58)52-20-10-3-11-21-52)48-69(65)73(70(66)49-64,62-22-12-4-13-23-62)63-24-14-5-15-25-63/h1-49H. The second-order valence-electron chi connectivity index (χ2n) is 19.6. The van der Waals surface area contributed by atoms with Crippen molar-refractivity contribution in [1.29, 1.82) is 0 Å². The summed E-state index contributed by atoms with van der Waals surface area (Å²) < 4.78 is 2.50. The minimum absolute atomic E-state index is 0.597. The Bertz CT molecular complexity index is 3980. The van der Waals surface area contributed by atoms with Gasteiger partial charge in [-0.05, 0) is 143 Å². The lowest BCUT2D eigenvalue weighted by Crippen LogP contribution is -2.28. The molecule has 1 heteroatoms. The highest BCUT2D eigenvalue weighted by molar-refractivity contribution is 6.12. The maximum Gasteiger partial charge on any atom is 0.0714 e. The molecule has 1 nitrogen and oxygen atoms in total. The van der Waals surface area contributed by atoms with Crippen LogP contribution in [0.15, 0.2) is 297 Å². The molecule has 1 heterocycles. The van der Waals surface area contributed by atoms with Crippen molar-refractivity contribution in [2.45, 2.75) is 5.41 Å². The highest BCUT2D eigenvalue weighted by Crippen LogP contribution is 2.57. The molecule has 0 saturated heterocycles. The van der Waals surface area contributed by atoms with E-state index in [2.05, 4.69) is 302 Å². The van der Waals surface area contributed by atoms with Crippen LogP contribution in [-0.4, -0.2) is 4.57 Å². The summed E-state index contributed by atoms with van der Waals surface area (Å²) in [6.07, 6.45) is 0. The third-order valence-electron chi connectivity index (χ3n) is 15.5. The van der Waals surface area contributed by atoms with E-state index in [1.807, 2.05) is 0 Å². The number of aromatic nitrogens is 1. The van der Waals surface area contributed by atoms with Gasteiger partial charge in [0.1, 0.15) is 0 Å². The molecular formula is C73H49N. The van der Waals surface area contributed by atoms with Crippen molar-refractivity contribution in [3.63, 3.8) is 0 Å². The summed E-state index contributed by atoms with van der Waals surface area (Å²) >= 11 is 0. The summed E-state index contributed by atoms with van der Waals surface area (Å²) in [5.41, 5.74) is 24.9. The van der Waals surface area contributed by atoms with Gasteiger partial charge in [0.2, 0.25) is 0 Å². The fourth-order valence-corrected chi connectivity index (χ4v) is 11.9. The van der Waals surface area contributed by atoms with Crippen molar-refractivity contribution in [2.24, 2.45) is 0 Å². The normalized spacial score (nSPS) is 12.4. The molecule has 1 aromatic heterocycles. The number of hydrogen-bond acceptors (Lipinski definition) is 0. The minimum atomic E-state index is -0.597. The van der Waals surface area contributed by atoms with Gasteiger partial charge in [-0.3, -0.25) is 0 Å². The first-order chi connectivity index (χ1) is 36.7. The number of nitrogens with zero attached hydrogens (tertiary/aromatic N) is 1. The predicted molar refractivity (Wildman–Crippen MR) is 311 cm³/mol. The number of rotatable bonds is 9. The molecule has 13 aromatic rings. The van der Waals surface area contributed by atoms with Crippen molar-refractivity contribution >= 4 is 21.8 Å². The first-order valence-electron chi connectivity index (χ1n) is 25.6. The predicted octanol–water partition coefficient (Wildman–Crippen LogP) is 19.1. The molecule has 0 spiro atoms. The van der Waals surface area contributed by atoms with Gasteiger partial charge < -0.3 is 4.57 Å². The Morgan fingerprint density at radius 1 is 0.216 bits per heavy atom. The summed E-state index contributed by atoms with van der Waals surface area (Å²) in [4.78, 5) is 0. The Morgan fingerprint density at radius 2 is 0.500 bits per heavy atom. The lowest BCUT2D eigenvalue weighted by molar-refractivity contribution is 0.768. The van der Waals surface area contributed by atoms with Crippen LogP contribution in [-0.2, 0) is 5.41 Å². The number of fused-ring (bicyclic) bond motifs is 6. The third kappa shape index (κ3) is 7.24. The lowest BCUT2D eigenvalue weighted by Gasteiger charge is -2.34. The molecule has 346 valence electrons. The van der Waals surface area contributed by atoms with E-state index in [4.69, 9.17) is 0 Å². The zero-order valence-corrected chi connectivity index (χ0v) is 40.7. The summed E-state index contributed by atoms with van der Waals surface area (Å²) in [7, 11) is 0. The van der Waals surface area contributed by atoms with Gasteiger partial charge in [0.15, 0.2) is 0 Å². The average molecular weight is 940 g/mol. The van der Waals surface area contributed by atoms with Crippen molar-refractivity contribution in [3.05, 3.63) is 320 Å². The first kappa shape index (κ1) is 43.2. The van der Waals surface area contributed by atoms with E-state index in [1.165, 1.54) is 122 Å². The molecule has 1 aliphatic carbocycles. The molecule has 0 atom stereocenters. The van der Waals surface area contributed by atoms with Crippen molar-refractivity contribution in [1.82, 2.24) is 4.57 Å². The van der Waals surface area contributed by atoms with Crippen LogP contribution in [0, 0.1) is 0 Å². The van der Waals surface area contributed by atoms with Gasteiger partial charge in [0.05, 0.1) is 16.4 Å². The summed E-state index contributed by atoms with van der Waals surface area (Å²) in [6, 6.07) is 110. The van der Waals surface area contributed by atoms with E-state index in [-0.39, 0.29) is 0 Å². The summed E-state index contributed by atoms with van der Waals surface area (Å²) in [5, 5.41) is 2.44. The van der Waals surface area contributed by atoms with Gasteiger partial charge in [0.25, 0.3) is 0 Å². The lowest BCUT2D eigenvalue weighted by atomic mass is 9.67. The van der Waals surface area contributed by atoms with Crippen LogP contribution >= 0.6 is 0 Å². The van der Waals surface area contributed by atoms with Gasteiger partial charge in [0, 0.05) is 16.5 Å². The van der Waals surface area contributed by atoms with E-state index in [0.717, 1.165) is 5.69 Å². The van der Waals surface area contributed by atoms with E-state index in [0.29, 0.717) is 0 Å². The highest BCUT2D eigenvalue weighted by atomic mass is 15.0. The second kappa shape index (κ2) is 17.9. The molecular weight excluding hydrogens is 891 g/mol. The Labute approximate surface area is 432 Å². The molecule has 0 unspecified atom stereocenters. The van der Waals surface area contributed by atoms with Crippen LogP contribution in [0.4, 0.5) is 0 Å². The van der Waals surface area contributed by atoms with Gasteiger partial charge in [-0.1, -0.05) is 255 Å². The quantitative estimate of drug-likeness (QED) is 0.136. The Balaban J connectivity index is 0.952. The monoisotopic (exact) mass is 939 g/mol. The second-order valence-corrected chi connectivity index (χ2v) is 19.6. The van der Waals surface area contributed by atoms with Crippen LogP contribution in [0.25, 0.3) is 105 Å². The van der Waals surface area contributed by atoms with Crippen LogP contribution in [0.1, 0.15) is 22.3 Å². The largest absolute Gasteiger partial charge is 0.309 e. The third-order valence-corrected chi connectivity index (χ3v) is 15.5. The van der Waals surface area contributed by atoms with E-state index in [1.54, 1.807) is 0 Å². The van der Waals surface area contributed by atoms with Crippen LogP contribution in [0.3, 0.4) is 0 Å². The van der Waals surface area contributed by atoms with E-state index < -0.39 is 5.41 Å². The fourth-order valence-electron chi connectivity index (χ4n) is 11.9. The smallest absolute Gasteiger partial charge is 0.0714 e. The Hall–Kier alpha value is -9.56. The zero-order valence-electron chi connectivity index (χ0n) is 40.7. The topological polar surface area (TPSA) is 4.93 Å². The molecule has 0 N–H and O–H groups in total. The average Bonchev–Trinajstić information content (AvgIpc) is 4.05. The van der Waals surface area contributed by atoms with Crippen molar-refractivity contribution in [3.8, 4) is 83.6 Å². The molecule has 74 heavy (non-hydrogen) atoms. The maximum absolute atomic E-state index is 2.50. The van der Waals surface area contributed by atoms with Crippen LogP contribution in [0.5, 0.6) is 0 Å². The molecule has 0 fully saturated rings. The minimum Gasteiger partial charge on any atom is -0.309 e. The SMILES string of the molecule is c1ccc(-c2ccc(-c3ccc4c(c3)C(c3ccccc3)(c3ccccc3)c3cc(-n5c6ccc(-c7ccc(-c8ccccc8)cc7)cc6c6cc(-c7ccc(-c8ccccc8)cc7)ccc65)ccc3-4)cc2)cc1. The molecule has 12 aromatic carbocycles. The van der Waals surface area contributed by atoms with Gasteiger partial charge in [-0.2, -0.15) is 0 Å².